The summed E-state index contributed by atoms with van der Waals surface area (Å²) in [6.45, 7) is 8.62. The van der Waals surface area contributed by atoms with E-state index in [1.54, 1.807) is 0 Å². The van der Waals surface area contributed by atoms with E-state index in [9.17, 15) is 9.59 Å². The van der Waals surface area contributed by atoms with Gasteiger partial charge in [-0.05, 0) is 51.7 Å². The molecule has 4 nitrogen and oxygen atoms in total. The molecule has 0 saturated carbocycles. The third kappa shape index (κ3) is 18.1. The smallest absolute Gasteiger partial charge is 0.220 e. The molecular formula is C19H34N2O2. The van der Waals surface area contributed by atoms with Gasteiger partial charge in [0.1, 0.15) is 6.29 Å². The van der Waals surface area contributed by atoms with Gasteiger partial charge >= 0.3 is 0 Å². The second-order valence-corrected chi connectivity index (χ2v) is 5.05. The largest absolute Gasteiger partial charge is 0.399 e. The summed E-state index contributed by atoms with van der Waals surface area (Å²) in [6, 6.07) is 0. The van der Waals surface area contributed by atoms with Crippen molar-refractivity contribution in [3.05, 3.63) is 35.6 Å². The summed E-state index contributed by atoms with van der Waals surface area (Å²) < 4.78 is 0. The number of carbonyl (C=O) groups is 2. The number of rotatable bonds is 11. The third-order valence-corrected chi connectivity index (χ3v) is 2.97. The zero-order chi connectivity index (χ0) is 17.9. The summed E-state index contributed by atoms with van der Waals surface area (Å²) in [5.41, 5.74) is 7.68. The molecule has 3 N–H and O–H groups in total. The van der Waals surface area contributed by atoms with E-state index in [1.807, 2.05) is 52.0 Å². The molecular weight excluding hydrogens is 288 g/mol. The van der Waals surface area contributed by atoms with E-state index in [4.69, 9.17) is 5.73 Å². The lowest BCUT2D eigenvalue weighted by Crippen LogP contribution is -2.23. The van der Waals surface area contributed by atoms with Crippen molar-refractivity contribution in [1.82, 2.24) is 5.32 Å². The minimum absolute atomic E-state index is 0.0814. The van der Waals surface area contributed by atoms with Gasteiger partial charge in [0.05, 0.1) is 0 Å². The molecule has 23 heavy (non-hydrogen) atoms. The zero-order valence-corrected chi connectivity index (χ0v) is 15.2. The Balaban J connectivity index is 0. The van der Waals surface area contributed by atoms with Crippen LogP contribution in [0.5, 0.6) is 0 Å². The molecule has 0 aliphatic carbocycles. The third-order valence-electron chi connectivity index (χ3n) is 2.97. The van der Waals surface area contributed by atoms with Crippen LogP contribution >= 0.6 is 0 Å². The first kappa shape index (κ1) is 23.4. The van der Waals surface area contributed by atoms with Gasteiger partial charge in [0, 0.05) is 25.1 Å². The molecule has 0 radical (unpaired) electrons. The highest BCUT2D eigenvalue weighted by atomic mass is 16.1. The van der Waals surface area contributed by atoms with Gasteiger partial charge in [-0.3, -0.25) is 4.79 Å². The summed E-state index contributed by atoms with van der Waals surface area (Å²) in [5.74, 6) is 0.0814. The zero-order valence-electron chi connectivity index (χ0n) is 15.2. The number of unbranched alkanes of at least 4 members (excludes halogenated alkanes) is 2. The second kappa shape index (κ2) is 18.2. The molecule has 0 rings (SSSR count). The Morgan fingerprint density at radius 2 is 1.78 bits per heavy atom. The van der Waals surface area contributed by atoms with Crippen LogP contribution in [0.25, 0.3) is 0 Å². The highest BCUT2D eigenvalue weighted by Gasteiger charge is 2.00. The first-order valence-corrected chi connectivity index (χ1v) is 8.56. The number of carbonyl (C=O) groups excluding carboxylic acids is 2. The van der Waals surface area contributed by atoms with Crippen molar-refractivity contribution < 1.29 is 9.59 Å². The lowest BCUT2D eigenvalue weighted by Gasteiger charge is -2.04. The molecule has 0 aliphatic heterocycles. The molecule has 0 aromatic heterocycles. The van der Waals surface area contributed by atoms with Gasteiger partial charge in [0.25, 0.3) is 0 Å². The van der Waals surface area contributed by atoms with E-state index in [2.05, 4.69) is 5.32 Å². The molecule has 0 aromatic carbocycles. The maximum Gasteiger partial charge on any atom is 0.220 e. The Morgan fingerprint density at radius 1 is 1.09 bits per heavy atom. The quantitative estimate of drug-likeness (QED) is 0.343. The van der Waals surface area contributed by atoms with Crippen molar-refractivity contribution in [2.24, 2.45) is 5.73 Å². The lowest BCUT2D eigenvalue weighted by molar-refractivity contribution is -0.121. The fraction of sp³-hybridized carbons (Fsp3) is 0.579. The molecule has 4 heteroatoms. The highest BCUT2D eigenvalue weighted by molar-refractivity contribution is 5.75. The number of allylic oxidation sites excluding steroid dienone is 5. The number of aldehydes is 1. The number of nitrogens with one attached hydrogen (secondary N) is 1. The SMILES string of the molecule is CC.C\C=C/C(N)=C\C=C(/C)CCCC(=O)NCCCCC=O. The molecule has 0 bridgehead atoms. The minimum atomic E-state index is 0.0814. The van der Waals surface area contributed by atoms with Gasteiger partial charge < -0.3 is 15.8 Å². The maximum atomic E-state index is 11.6. The topological polar surface area (TPSA) is 72.2 Å². The van der Waals surface area contributed by atoms with E-state index in [1.165, 1.54) is 5.57 Å². The molecule has 0 saturated heterocycles. The molecule has 0 fully saturated rings. The van der Waals surface area contributed by atoms with Crippen molar-refractivity contribution in [3.8, 4) is 0 Å². The average molecular weight is 322 g/mol. The average Bonchev–Trinajstić information content (AvgIpc) is 2.55. The van der Waals surface area contributed by atoms with Gasteiger partial charge in [0.15, 0.2) is 0 Å². The van der Waals surface area contributed by atoms with Crippen LogP contribution in [-0.2, 0) is 9.59 Å². The fourth-order valence-electron chi connectivity index (χ4n) is 1.77. The molecule has 0 aromatic rings. The summed E-state index contributed by atoms with van der Waals surface area (Å²) in [7, 11) is 0. The summed E-state index contributed by atoms with van der Waals surface area (Å²) >= 11 is 0. The number of hydrogen-bond donors (Lipinski definition) is 2. The first-order valence-electron chi connectivity index (χ1n) is 8.56. The number of amides is 1. The van der Waals surface area contributed by atoms with Crippen molar-refractivity contribution in [3.63, 3.8) is 0 Å². The fourth-order valence-corrected chi connectivity index (χ4v) is 1.77. The highest BCUT2D eigenvalue weighted by Crippen LogP contribution is 2.07. The Labute approximate surface area is 141 Å². The Hall–Kier alpha value is -1.84. The van der Waals surface area contributed by atoms with Crippen LogP contribution in [-0.4, -0.2) is 18.7 Å². The van der Waals surface area contributed by atoms with Crippen LogP contribution in [0, 0.1) is 0 Å². The van der Waals surface area contributed by atoms with E-state index < -0.39 is 0 Å². The van der Waals surface area contributed by atoms with Gasteiger partial charge in [-0.25, -0.2) is 0 Å². The minimum Gasteiger partial charge on any atom is -0.399 e. The molecule has 0 heterocycles. The summed E-state index contributed by atoms with van der Waals surface area (Å²) in [4.78, 5) is 21.7. The maximum absolute atomic E-state index is 11.6. The van der Waals surface area contributed by atoms with Crippen molar-refractivity contribution in [1.29, 1.82) is 0 Å². The number of nitrogens with two attached hydrogens (primary N) is 1. The standard InChI is InChI=1S/C17H28N2O2.C2H6/c1-3-8-16(18)12-11-15(2)9-7-10-17(21)19-13-5-4-6-14-20;1-2/h3,8,11-12,14H,4-7,9-10,13,18H2,1-2H3,(H,19,21);1-2H3/b8-3-,15-11+,16-12+;. The van der Waals surface area contributed by atoms with Crippen LogP contribution in [0.15, 0.2) is 35.6 Å². The van der Waals surface area contributed by atoms with Gasteiger partial charge in [-0.15, -0.1) is 0 Å². The Kier molecular flexibility index (Phi) is 18.5. The molecule has 132 valence electrons. The van der Waals surface area contributed by atoms with E-state index >= 15 is 0 Å². The summed E-state index contributed by atoms with van der Waals surface area (Å²) in [5, 5.41) is 2.87. The summed E-state index contributed by atoms with van der Waals surface area (Å²) in [6.07, 6.45) is 13.1. The first-order chi connectivity index (χ1) is 11.1. The Morgan fingerprint density at radius 3 is 2.39 bits per heavy atom. The lowest BCUT2D eigenvalue weighted by atomic mass is 10.1. The molecule has 1 amide bonds. The van der Waals surface area contributed by atoms with Crippen LogP contribution < -0.4 is 11.1 Å². The monoisotopic (exact) mass is 322 g/mol. The second-order valence-electron chi connectivity index (χ2n) is 5.05. The van der Waals surface area contributed by atoms with E-state index in [0.717, 1.165) is 37.7 Å². The van der Waals surface area contributed by atoms with Crippen LogP contribution in [0.3, 0.4) is 0 Å². The van der Waals surface area contributed by atoms with Crippen molar-refractivity contribution in [2.45, 2.75) is 66.2 Å². The molecule has 0 spiro atoms. The molecule has 0 atom stereocenters. The Bertz CT molecular complexity index is 396. The molecule has 0 aliphatic rings. The number of hydrogen-bond acceptors (Lipinski definition) is 3. The van der Waals surface area contributed by atoms with Gasteiger partial charge in [-0.1, -0.05) is 31.6 Å². The van der Waals surface area contributed by atoms with Crippen LogP contribution in [0.2, 0.25) is 0 Å². The predicted molar refractivity (Wildman–Crippen MR) is 99.0 cm³/mol. The van der Waals surface area contributed by atoms with Crippen LogP contribution in [0.1, 0.15) is 66.2 Å². The van der Waals surface area contributed by atoms with E-state index in [0.29, 0.717) is 19.4 Å². The predicted octanol–water partition coefficient (Wildman–Crippen LogP) is 4.03. The van der Waals surface area contributed by atoms with Crippen LogP contribution in [0.4, 0.5) is 0 Å². The normalized spacial score (nSPS) is 11.8. The van der Waals surface area contributed by atoms with Crippen molar-refractivity contribution >= 4 is 12.2 Å². The molecule has 0 unspecified atom stereocenters. The van der Waals surface area contributed by atoms with Gasteiger partial charge in [-0.2, -0.15) is 0 Å². The van der Waals surface area contributed by atoms with E-state index in [-0.39, 0.29) is 5.91 Å². The van der Waals surface area contributed by atoms with Gasteiger partial charge in [0.2, 0.25) is 5.91 Å². The van der Waals surface area contributed by atoms with Crippen molar-refractivity contribution in [2.75, 3.05) is 6.54 Å².